The molecule has 0 saturated heterocycles. The Hall–Kier alpha value is -2.14. The fraction of sp³-hybridized carbons (Fsp3) is 0.235. The molecule has 0 N–H and O–H groups in total. The Balaban J connectivity index is 2.11. The second kappa shape index (κ2) is 3.98. The van der Waals surface area contributed by atoms with Gasteiger partial charge < -0.3 is 0 Å². The fourth-order valence-electron chi connectivity index (χ4n) is 3.77. The van der Waals surface area contributed by atoms with Crippen LogP contribution in [-0.2, 0) is 26.7 Å². The zero-order chi connectivity index (χ0) is 15.7. The second-order valence-electron chi connectivity index (χ2n) is 6.20. The van der Waals surface area contributed by atoms with Crippen LogP contribution in [0.4, 0.5) is 5.69 Å². The van der Waals surface area contributed by atoms with Gasteiger partial charge in [0.05, 0.1) is 17.4 Å². The monoisotopic (exact) mass is 313 g/mol. The first-order valence-corrected chi connectivity index (χ1v) is 8.95. The number of sulfonamides is 1. The van der Waals surface area contributed by atoms with Crippen LogP contribution in [0, 0.1) is 0 Å². The van der Waals surface area contributed by atoms with E-state index in [4.69, 9.17) is 0 Å². The van der Waals surface area contributed by atoms with Crippen molar-refractivity contribution in [3.05, 3.63) is 53.6 Å². The molecule has 2 aromatic carbocycles. The quantitative estimate of drug-likeness (QED) is 0.813. The number of carbonyl (C=O) groups is 1. The smallest absolute Gasteiger partial charge is 0.251 e. The van der Waals surface area contributed by atoms with Crippen molar-refractivity contribution >= 4 is 21.6 Å². The molecule has 5 heteroatoms. The molecule has 1 aliphatic heterocycles. The van der Waals surface area contributed by atoms with Crippen LogP contribution in [-0.4, -0.2) is 20.6 Å². The number of anilines is 1. The Labute approximate surface area is 129 Å². The van der Waals surface area contributed by atoms with Crippen molar-refractivity contribution in [1.29, 1.82) is 0 Å². The summed E-state index contributed by atoms with van der Waals surface area (Å²) in [5.74, 6) is -0.355. The van der Waals surface area contributed by atoms with Crippen molar-refractivity contribution in [2.75, 3.05) is 10.6 Å². The first kappa shape index (κ1) is 13.5. The van der Waals surface area contributed by atoms with E-state index >= 15 is 0 Å². The number of hydrogen-bond acceptors (Lipinski definition) is 3. The van der Waals surface area contributed by atoms with Gasteiger partial charge in [-0.2, -0.15) is 0 Å². The molecule has 0 radical (unpaired) electrons. The molecule has 0 saturated carbocycles. The van der Waals surface area contributed by atoms with Gasteiger partial charge in [0, 0.05) is 5.56 Å². The Morgan fingerprint density at radius 1 is 1.05 bits per heavy atom. The molecule has 1 aliphatic carbocycles. The second-order valence-corrected chi connectivity index (χ2v) is 8.03. The summed E-state index contributed by atoms with van der Waals surface area (Å²) >= 11 is 0. The summed E-state index contributed by atoms with van der Waals surface area (Å²) in [6.07, 6.45) is 1.61. The largest absolute Gasteiger partial charge is 0.272 e. The van der Waals surface area contributed by atoms with E-state index in [1.807, 2.05) is 43.3 Å². The Bertz CT molecular complexity index is 933. The molecule has 1 heterocycles. The summed E-state index contributed by atoms with van der Waals surface area (Å²) in [6, 6.07) is 13.4. The molecule has 0 aromatic heterocycles. The van der Waals surface area contributed by atoms with Crippen molar-refractivity contribution in [2.45, 2.75) is 18.8 Å². The van der Waals surface area contributed by atoms with Crippen molar-refractivity contribution in [3.8, 4) is 11.1 Å². The highest BCUT2D eigenvalue weighted by molar-refractivity contribution is 7.92. The zero-order valence-corrected chi connectivity index (χ0v) is 13.1. The predicted molar refractivity (Wildman–Crippen MR) is 85.3 cm³/mol. The van der Waals surface area contributed by atoms with Crippen LogP contribution < -0.4 is 4.31 Å². The van der Waals surface area contributed by atoms with E-state index in [1.165, 1.54) is 0 Å². The van der Waals surface area contributed by atoms with Gasteiger partial charge in [-0.15, -0.1) is 0 Å². The van der Waals surface area contributed by atoms with Gasteiger partial charge in [-0.1, -0.05) is 36.4 Å². The first-order valence-electron chi connectivity index (χ1n) is 7.10. The minimum atomic E-state index is -3.64. The summed E-state index contributed by atoms with van der Waals surface area (Å²) < 4.78 is 25.2. The Morgan fingerprint density at radius 3 is 2.45 bits per heavy atom. The van der Waals surface area contributed by atoms with Gasteiger partial charge in [0.1, 0.15) is 0 Å². The number of amides is 1. The van der Waals surface area contributed by atoms with Crippen LogP contribution in [0.2, 0.25) is 0 Å². The van der Waals surface area contributed by atoms with Gasteiger partial charge in [0.2, 0.25) is 10.0 Å². The Kier molecular flexibility index (Phi) is 2.45. The maximum atomic E-state index is 12.9. The zero-order valence-electron chi connectivity index (χ0n) is 12.3. The normalized spacial score (nSPS) is 22.5. The maximum Gasteiger partial charge on any atom is 0.251 e. The molecule has 4 rings (SSSR count). The summed E-state index contributed by atoms with van der Waals surface area (Å²) in [5, 5.41) is 0. The van der Waals surface area contributed by atoms with E-state index in [-0.39, 0.29) is 5.91 Å². The average molecular weight is 313 g/mol. The van der Waals surface area contributed by atoms with Gasteiger partial charge in [-0.3, -0.25) is 4.79 Å². The highest BCUT2D eigenvalue weighted by Crippen LogP contribution is 2.53. The fourth-order valence-corrected chi connectivity index (χ4v) is 4.78. The molecule has 1 amide bonds. The lowest BCUT2D eigenvalue weighted by atomic mass is 9.70. The van der Waals surface area contributed by atoms with Gasteiger partial charge >= 0.3 is 0 Å². The number of fused-ring (bicyclic) bond motifs is 2. The summed E-state index contributed by atoms with van der Waals surface area (Å²) in [6.45, 7) is 1.85. The van der Waals surface area contributed by atoms with Gasteiger partial charge in [0.25, 0.3) is 5.91 Å². The van der Waals surface area contributed by atoms with Gasteiger partial charge in [-0.05, 0) is 36.1 Å². The molecule has 4 nitrogen and oxygen atoms in total. The highest BCUT2D eigenvalue weighted by atomic mass is 32.2. The summed E-state index contributed by atoms with van der Waals surface area (Å²) in [7, 11) is -3.64. The third kappa shape index (κ3) is 1.52. The maximum absolute atomic E-state index is 12.9. The number of nitrogens with zero attached hydrogens (tertiary/aromatic N) is 1. The van der Waals surface area contributed by atoms with Crippen LogP contribution in [0.1, 0.15) is 18.1 Å². The van der Waals surface area contributed by atoms with Crippen LogP contribution in [0.5, 0.6) is 0 Å². The van der Waals surface area contributed by atoms with E-state index in [0.29, 0.717) is 12.1 Å². The molecular formula is C17H15NO3S. The molecule has 2 aliphatic rings. The van der Waals surface area contributed by atoms with Crippen molar-refractivity contribution in [1.82, 2.24) is 0 Å². The van der Waals surface area contributed by atoms with Gasteiger partial charge in [0.15, 0.2) is 0 Å². The molecule has 22 heavy (non-hydrogen) atoms. The molecule has 1 unspecified atom stereocenters. The van der Waals surface area contributed by atoms with Crippen molar-refractivity contribution < 1.29 is 13.2 Å². The number of carbonyl (C=O) groups excluding carboxylic acids is 1. The molecule has 2 aromatic rings. The van der Waals surface area contributed by atoms with Gasteiger partial charge in [-0.25, -0.2) is 12.7 Å². The molecule has 112 valence electrons. The van der Waals surface area contributed by atoms with E-state index in [0.717, 1.165) is 32.8 Å². The van der Waals surface area contributed by atoms with Crippen LogP contribution in [0.3, 0.4) is 0 Å². The van der Waals surface area contributed by atoms with E-state index in [9.17, 15) is 13.2 Å². The lowest BCUT2D eigenvalue weighted by Crippen LogP contribution is -2.43. The molecule has 0 bridgehead atoms. The van der Waals surface area contributed by atoms with Crippen molar-refractivity contribution in [2.24, 2.45) is 0 Å². The molecule has 1 atom stereocenters. The van der Waals surface area contributed by atoms with Crippen LogP contribution in [0.25, 0.3) is 11.1 Å². The number of hydrogen-bond donors (Lipinski definition) is 0. The SMILES string of the molecule is CC12Cc3ccccc3-c3cccc(c31)N(S(C)(=O)=O)C2=O. The summed E-state index contributed by atoms with van der Waals surface area (Å²) in [5.41, 5.74) is 3.65. The summed E-state index contributed by atoms with van der Waals surface area (Å²) in [4.78, 5) is 12.9. The predicted octanol–water partition coefficient (Wildman–Crippen LogP) is 2.47. The Morgan fingerprint density at radius 2 is 1.73 bits per heavy atom. The van der Waals surface area contributed by atoms with Crippen molar-refractivity contribution in [3.63, 3.8) is 0 Å². The highest BCUT2D eigenvalue weighted by Gasteiger charge is 2.53. The minimum Gasteiger partial charge on any atom is -0.272 e. The van der Waals surface area contributed by atoms with E-state index < -0.39 is 15.4 Å². The van der Waals surface area contributed by atoms with Crippen LogP contribution in [0.15, 0.2) is 42.5 Å². The van der Waals surface area contributed by atoms with E-state index in [1.54, 1.807) is 6.07 Å². The molecule has 0 fully saturated rings. The lowest BCUT2D eigenvalue weighted by Gasteiger charge is -2.31. The third-order valence-electron chi connectivity index (χ3n) is 4.65. The average Bonchev–Trinajstić information content (AvgIpc) is 2.68. The molecular weight excluding hydrogens is 298 g/mol. The minimum absolute atomic E-state index is 0.355. The van der Waals surface area contributed by atoms with E-state index in [2.05, 4.69) is 0 Å². The molecule has 0 spiro atoms. The standard InChI is InChI=1S/C17H15NO3S/c1-17-10-11-6-3-4-7-12(11)13-8-5-9-14(15(13)17)18(16(17)19)22(2,20)21/h3-9H,10H2,1-2H3. The lowest BCUT2D eigenvalue weighted by molar-refractivity contribution is -0.121. The third-order valence-corrected chi connectivity index (χ3v) is 5.68. The number of benzene rings is 2. The first-order chi connectivity index (χ1) is 10.3. The van der Waals surface area contributed by atoms with Crippen LogP contribution >= 0.6 is 0 Å². The number of rotatable bonds is 1. The topological polar surface area (TPSA) is 54.5 Å².